The van der Waals surface area contributed by atoms with E-state index in [0.717, 1.165) is 18.4 Å². The van der Waals surface area contributed by atoms with Gasteiger partial charge in [-0.3, -0.25) is 9.59 Å². The second-order valence-electron chi connectivity index (χ2n) is 6.15. The van der Waals surface area contributed by atoms with Crippen LogP contribution in [-0.2, 0) is 14.3 Å². The average molecular weight is 376 g/mol. The lowest BCUT2D eigenvalue weighted by Gasteiger charge is -2.30. The molecule has 1 unspecified atom stereocenters. The van der Waals surface area contributed by atoms with E-state index in [4.69, 9.17) is 16.3 Å². The van der Waals surface area contributed by atoms with Gasteiger partial charge in [-0.05, 0) is 44.4 Å². The van der Waals surface area contributed by atoms with Crippen LogP contribution in [0.15, 0.2) is 30.0 Å². The number of rotatable bonds is 5. The van der Waals surface area contributed by atoms with Gasteiger partial charge in [-0.1, -0.05) is 17.7 Å². The van der Waals surface area contributed by atoms with E-state index in [2.05, 4.69) is 5.32 Å². The highest BCUT2D eigenvalue weighted by molar-refractivity contribution is 6.31. The number of amides is 1. The normalized spacial score (nSPS) is 17.4. The molecule has 0 radical (unpaired) electrons. The summed E-state index contributed by atoms with van der Waals surface area (Å²) in [4.78, 5) is 26.2. The maximum atomic E-state index is 12.4. The highest BCUT2D eigenvalue weighted by Gasteiger charge is 2.26. The van der Waals surface area contributed by atoms with E-state index in [1.807, 2.05) is 17.9 Å². The van der Waals surface area contributed by atoms with Gasteiger partial charge in [0.1, 0.15) is 11.6 Å². The van der Waals surface area contributed by atoms with E-state index in [9.17, 15) is 14.9 Å². The summed E-state index contributed by atoms with van der Waals surface area (Å²) in [7, 11) is 0. The van der Waals surface area contributed by atoms with E-state index in [0.29, 0.717) is 30.4 Å². The Morgan fingerprint density at radius 1 is 1.50 bits per heavy atom. The molecule has 138 valence electrons. The first-order valence-electron chi connectivity index (χ1n) is 8.54. The minimum atomic E-state index is -0.504. The molecule has 0 aromatic heterocycles. The largest absolute Gasteiger partial charge is 0.466 e. The molecule has 0 saturated carbocycles. The summed E-state index contributed by atoms with van der Waals surface area (Å²) in [5, 5.41) is 12.6. The number of hydrogen-bond acceptors (Lipinski definition) is 5. The van der Waals surface area contributed by atoms with E-state index in [-0.39, 0.29) is 17.5 Å². The van der Waals surface area contributed by atoms with E-state index >= 15 is 0 Å². The Hall–Kier alpha value is -2.52. The van der Waals surface area contributed by atoms with Gasteiger partial charge in [-0.2, -0.15) is 5.26 Å². The number of likely N-dealkylation sites (tertiary alicyclic amines) is 1. The summed E-state index contributed by atoms with van der Waals surface area (Å²) >= 11 is 5.96. The van der Waals surface area contributed by atoms with Gasteiger partial charge in [0.25, 0.3) is 5.91 Å². The molecular weight excluding hydrogens is 354 g/mol. The fourth-order valence-corrected chi connectivity index (χ4v) is 2.99. The van der Waals surface area contributed by atoms with Crippen molar-refractivity contribution in [2.75, 3.05) is 25.0 Å². The standard InChI is InChI=1S/C19H22ClN3O3/c1-3-26-19(25)14-5-4-8-23(11-14)12-15(10-21)18(24)22-17-9-16(20)7-6-13(17)2/h6-7,9,12,14H,3-5,8,11H2,1-2H3,(H,22,24)/b15-12-. The number of carbonyl (C=O) groups excluding carboxylic acids is 2. The van der Waals surface area contributed by atoms with Gasteiger partial charge in [0, 0.05) is 30.0 Å². The van der Waals surface area contributed by atoms with Crippen molar-refractivity contribution in [2.24, 2.45) is 5.92 Å². The van der Waals surface area contributed by atoms with Crippen LogP contribution in [0.5, 0.6) is 0 Å². The summed E-state index contributed by atoms with van der Waals surface area (Å²) < 4.78 is 5.07. The number of aryl methyl sites for hydroxylation is 1. The van der Waals surface area contributed by atoms with Crippen LogP contribution >= 0.6 is 11.6 Å². The zero-order chi connectivity index (χ0) is 19.1. The summed E-state index contributed by atoms with van der Waals surface area (Å²) in [6.45, 7) is 5.08. The number of hydrogen-bond donors (Lipinski definition) is 1. The van der Waals surface area contributed by atoms with Crippen LogP contribution in [0.4, 0.5) is 5.69 Å². The molecule has 0 aliphatic carbocycles. The Balaban J connectivity index is 2.09. The first-order chi connectivity index (χ1) is 12.4. The van der Waals surface area contributed by atoms with Crippen molar-refractivity contribution < 1.29 is 14.3 Å². The number of nitrogens with one attached hydrogen (secondary N) is 1. The number of halogens is 1. The third-order valence-electron chi connectivity index (χ3n) is 4.20. The van der Waals surface area contributed by atoms with E-state index in [1.54, 1.807) is 25.1 Å². The van der Waals surface area contributed by atoms with Gasteiger partial charge in [-0.25, -0.2) is 0 Å². The van der Waals surface area contributed by atoms with Crippen LogP contribution in [0.2, 0.25) is 5.02 Å². The van der Waals surface area contributed by atoms with Crippen LogP contribution in [-0.4, -0.2) is 36.5 Å². The highest BCUT2D eigenvalue weighted by atomic mass is 35.5. The van der Waals surface area contributed by atoms with Crippen molar-refractivity contribution >= 4 is 29.2 Å². The monoisotopic (exact) mass is 375 g/mol. The summed E-state index contributed by atoms with van der Waals surface area (Å²) in [6.07, 6.45) is 3.06. The molecule has 0 bridgehead atoms. The molecule has 1 heterocycles. The molecule has 1 aromatic carbocycles. The van der Waals surface area contributed by atoms with Gasteiger partial charge >= 0.3 is 5.97 Å². The molecule has 1 aliphatic rings. The van der Waals surface area contributed by atoms with Crippen molar-refractivity contribution in [2.45, 2.75) is 26.7 Å². The van der Waals surface area contributed by atoms with Gasteiger partial charge < -0.3 is 15.0 Å². The van der Waals surface area contributed by atoms with E-state index < -0.39 is 5.91 Å². The minimum Gasteiger partial charge on any atom is -0.466 e. The molecule has 1 atom stereocenters. The Morgan fingerprint density at radius 3 is 2.96 bits per heavy atom. The lowest BCUT2D eigenvalue weighted by molar-refractivity contribution is -0.149. The number of nitrogens with zero attached hydrogens (tertiary/aromatic N) is 2. The molecule has 1 amide bonds. The predicted molar refractivity (Wildman–Crippen MR) is 99.4 cm³/mol. The zero-order valence-electron chi connectivity index (χ0n) is 14.9. The SMILES string of the molecule is CCOC(=O)C1CCCN(/C=C(/C#N)C(=O)Nc2cc(Cl)ccc2C)C1. The van der Waals surface area contributed by atoms with Crippen molar-refractivity contribution in [3.63, 3.8) is 0 Å². The Morgan fingerprint density at radius 2 is 2.27 bits per heavy atom. The van der Waals surface area contributed by atoms with Crippen molar-refractivity contribution in [1.29, 1.82) is 5.26 Å². The smallest absolute Gasteiger partial charge is 0.310 e. The molecule has 1 saturated heterocycles. The molecule has 2 rings (SSSR count). The van der Waals surface area contributed by atoms with Crippen LogP contribution in [0.25, 0.3) is 0 Å². The number of anilines is 1. The lowest BCUT2D eigenvalue weighted by Crippen LogP contribution is -2.37. The Kier molecular flexibility index (Phi) is 7.05. The Labute approximate surface area is 158 Å². The van der Waals surface area contributed by atoms with Crippen molar-refractivity contribution in [3.8, 4) is 6.07 Å². The second kappa shape index (κ2) is 9.25. The summed E-state index contributed by atoms with van der Waals surface area (Å²) in [6, 6.07) is 7.10. The van der Waals surface area contributed by atoms with Gasteiger partial charge in [0.05, 0.1) is 12.5 Å². The molecule has 0 spiro atoms. The molecule has 1 fully saturated rings. The number of esters is 1. The van der Waals surface area contributed by atoms with E-state index in [1.165, 1.54) is 6.20 Å². The fraction of sp³-hybridized carbons (Fsp3) is 0.421. The topological polar surface area (TPSA) is 82.4 Å². The average Bonchev–Trinajstić information content (AvgIpc) is 2.63. The maximum absolute atomic E-state index is 12.4. The van der Waals surface area contributed by atoms with Crippen LogP contribution in [0.3, 0.4) is 0 Å². The van der Waals surface area contributed by atoms with Crippen LogP contribution < -0.4 is 5.32 Å². The second-order valence-corrected chi connectivity index (χ2v) is 6.59. The zero-order valence-corrected chi connectivity index (χ0v) is 15.7. The van der Waals surface area contributed by atoms with Crippen molar-refractivity contribution in [1.82, 2.24) is 4.90 Å². The molecule has 26 heavy (non-hydrogen) atoms. The number of nitriles is 1. The van der Waals surface area contributed by atoms with Gasteiger partial charge in [0.2, 0.25) is 0 Å². The lowest BCUT2D eigenvalue weighted by atomic mass is 9.98. The first-order valence-corrected chi connectivity index (χ1v) is 8.92. The third-order valence-corrected chi connectivity index (χ3v) is 4.43. The van der Waals surface area contributed by atoms with Crippen LogP contribution in [0.1, 0.15) is 25.3 Å². The minimum absolute atomic E-state index is 0.0196. The van der Waals surface area contributed by atoms with Gasteiger partial charge in [0.15, 0.2) is 0 Å². The van der Waals surface area contributed by atoms with Crippen LogP contribution in [0, 0.1) is 24.2 Å². The maximum Gasteiger partial charge on any atom is 0.310 e. The number of ether oxygens (including phenoxy) is 1. The first kappa shape index (κ1) is 19.8. The summed E-state index contributed by atoms with van der Waals surface area (Å²) in [5.74, 6) is -0.975. The number of carbonyl (C=O) groups is 2. The number of piperidine rings is 1. The molecule has 1 N–H and O–H groups in total. The third kappa shape index (κ3) is 5.24. The summed E-state index contributed by atoms with van der Waals surface area (Å²) in [5.41, 5.74) is 1.39. The molecule has 6 nitrogen and oxygen atoms in total. The molecule has 7 heteroatoms. The quantitative estimate of drug-likeness (QED) is 0.485. The van der Waals surface area contributed by atoms with Crippen molar-refractivity contribution in [3.05, 3.63) is 40.6 Å². The highest BCUT2D eigenvalue weighted by Crippen LogP contribution is 2.22. The molecule has 1 aromatic rings. The number of benzene rings is 1. The molecular formula is C19H22ClN3O3. The van der Waals surface area contributed by atoms with Gasteiger partial charge in [-0.15, -0.1) is 0 Å². The predicted octanol–water partition coefficient (Wildman–Crippen LogP) is 3.27. The fourth-order valence-electron chi connectivity index (χ4n) is 2.82. The Bertz CT molecular complexity index is 755. The molecule has 1 aliphatic heterocycles.